The minimum atomic E-state index is -0.390. The van der Waals surface area contributed by atoms with Gasteiger partial charge in [0.15, 0.2) is 0 Å². The summed E-state index contributed by atoms with van der Waals surface area (Å²) in [5.41, 5.74) is 1.05. The molecule has 0 aliphatic rings. The third kappa shape index (κ3) is 4.19. The molecule has 0 aliphatic heterocycles. The number of amides is 1. The Balaban J connectivity index is 2.11. The normalized spacial score (nSPS) is 12.5. The van der Waals surface area contributed by atoms with Gasteiger partial charge in [0.05, 0.1) is 10.4 Å². The van der Waals surface area contributed by atoms with Gasteiger partial charge < -0.3 is 5.32 Å². The van der Waals surface area contributed by atoms with Gasteiger partial charge in [0, 0.05) is 4.88 Å². The number of carbonyl (C=O) groups is 1. The predicted octanol–water partition coefficient (Wildman–Crippen LogP) is 4.19. The van der Waals surface area contributed by atoms with Gasteiger partial charge in [-0.1, -0.05) is 41.9 Å². The first-order valence-electron chi connectivity index (χ1n) is 6.33. The van der Waals surface area contributed by atoms with Gasteiger partial charge in [-0.3, -0.25) is 4.79 Å². The fourth-order valence-electron chi connectivity index (χ4n) is 1.80. The molecule has 0 fully saturated rings. The van der Waals surface area contributed by atoms with Crippen molar-refractivity contribution in [2.75, 3.05) is 0 Å². The van der Waals surface area contributed by atoms with Crippen LogP contribution in [0.4, 0.5) is 0 Å². The van der Waals surface area contributed by atoms with Gasteiger partial charge >= 0.3 is 0 Å². The van der Waals surface area contributed by atoms with Crippen molar-refractivity contribution in [1.29, 1.82) is 5.26 Å². The summed E-state index contributed by atoms with van der Waals surface area (Å²) < 4.78 is 0.622. The highest BCUT2D eigenvalue weighted by molar-refractivity contribution is 7.17. The van der Waals surface area contributed by atoms with Gasteiger partial charge in [-0.15, -0.1) is 11.3 Å². The number of benzene rings is 1. The Bertz CT molecular complexity index is 701. The molecule has 1 aromatic carbocycles. The van der Waals surface area contributed by atoms with Crippen LogP contribution in [0.2, 0.25) is 4.34 Å². The Kier molecular flexibility index (Phi) is 5.15. The van der Waals surface area contributed by atoms with E-state index in [1.807, 2.05) is 43.3 Å². The van der Waals surface area contributed by atoms with E-state index in [0.717, 1.165) is 10.4 Å². The molecule has 0 bridgehead atoms. The van der Waals surface area contributed by atoms with Crippen LogP contribution in [0.3, 0.4) is 0 Å². The summed E-state index contributed by atoms with van der Waals surface area (Å²) >= 11 is 7.16. The molecule has 1 atom stereocenters. The second kappa shape index (κ2) is 7.07. The topological polar surface area (TPSA) is 52.9 Å². The SMILES string of the molecule is C[C@H](NC(=O)/C(C#N)=C\c1ccc(Cl)s1)c1ccccc1. The van der Waals surface area contributed by atoms with E-state index in [1.54, 1.807) is 18.2 Å². The monoisotopic (exact) mass is 316 g/mol. The number of hydrogen-bond acceptors (Lipinski definition) is 3. The molecule has 0 unspecified atom stereocenters. The van der Waals surface area contributed by atoms with Crippen molar-refractivity contribution in [3.63, 3.8) is 0 Å². The molecule has 2 rings (SSSR count). The number of hydrogen-bond donors (Lipinski definition) is 1. The number of thiophene rings is 1. The van der Waals surface area contributed by atoms with Gasteiger partial charge in [-0.2, -0.15) is 5.26 Å². The van der Waals surface area contributed by atoms with Gasteiger partial charge in [0.25, 0.3) is 5.91 Å². The van der Waals surface area contributed by atoms with Crippen LogP contribution in [0.15, 0.2) is 48.0 Å². The largest absolute Gasteiger partial charge is 0.345 e. The standard InChI is InChI=1S/C16H13ClN2OS/c1-11(12-5-3-2-4-6-12)19-16(20)13(10-18)9-14-7-8-15(17)21-14/h2-9,11H,1H3,(H,19,20)/b13-9-/t11-/m0/s1. The summed E-state index contributed by atoms with van der Waals surface area (Å²) in [6.45, 7) is 1.88. The van der Waals surface area contributed by atoms with E-state index in [-0.39, 0.29) is 11.6 Å². The fraction of sp³-hybridized carbons (Fsp3) is 0.125. The third-order valence-electron chi connectivity index (χ3n) is 2.89. The summed E-state index contributed by atoms with van der Waals surface area (Å²) in [6, 6.07) is 14.9. The van der Waals surface area contributed by atoms with Gasteiger partial charge in [0.1, 0.15) is 11.6 Å². The van der Waals surface area contributed by atoms with Crippen molar-refractivity contribution >= 4 is 34.9 Å². The summed E-state index contributed by atoms with van der Waals surface area (Å²) in [5.74, 6) is -0.390. The van der Waals surface area contributed by atoms with E-state index >= 15 is 0 Å². The second-order valence-electron chi connectivity index (χ2n) is 4.42. The first-order valence-corrected chi connectivity index (χ1v) is 7.52. The second-order valence-corrected chi connectivity index (χ2v) is 6.16. The first-order chi connectivity index (χ1) is 10.1. The van der Waals surface area contributed by atoms with E-state index in [1.165, 1.54) is 11.3 Å². The molecule has 1 N–H and O–H groups in total. The Morgan fingerprint density at radius 1 is 1.33 bits per heavy atom. The lowest BCUT2D eigenvalue weighted by Gasteiger charge is -2.13. The molecule has 0 radical (unpaired) electrons. The number of halogens is 1. The van der Waals surface area contributed by atoms with Gasteiger partial charge in [-0.05, 0) is 30.7 Å². The molecule has 1 amide bonds. The molecule has 106 valence electrons. The van der Waals surface area contributed by atoms with Crippen molar-refractivity contribution in [3.8, 4) is 6.07 Å². The number of carbonyl (C=O) groups excluding carboxylic acids is 1. The molecule has 0 spiro atoms. The molecule has 2 aromatic rings. The van der Waals surface area contributed by atoms with Crippen LogP contribution in [0.5, 0.6) is 0 Å². The molecule has 5 heteroatoms. The van der Waals surface area contributed by atoms with Gasteiger partial charge in [-0.25, -0.2) is 0 Å². The van der Waals surface area contributed by atoms with Crippen LogP contribution in [0.25, 0.3) is 6.08 Å². The van der Waals surface area contributed by atoms with Crippen molar-refractivity contribution in [2.45, 2.75) is 13.0 Å². The summed E-state index contributed by atoms with van der Waals surface area (Å²) in [4.78, 5) is 12.9. The lowest BCUT2D eigenvalue weighted by molar-refractivity contribution is -0.117. The number of nitriles is 1. The quantitative estimate of drug-likeness (QED) is 0.679. The van der Waals surface area contributed by atoms with E-state index in [2.05, 4.69) is 5.32 Å². The maximum atomic E-state index is 12.1. The highest BCUT2D eigenvalue weighted by Crippen LogP contribution is 2.23. The zero-order valence-corrected chi connectivity index (χ0v) is 12.9. The summed E-state index contributed by atoms with van der Waals surface area (Å²) in [5, 5.41) is 12.0. The number of nitrogens with one attached hydrogen (secondary N) is 1. The molecule has 0 saturated carbocycles. The van der Waals surface area contributed by atoms with Crippen molar-refractivity contribution in [1.82, 2.24) is 5.32 Å². The molecular weight excluding hydrogens is 304 g/mol. The summed E-state index contributed by atoms with van der Waals surface area (Å²) in [6.07, 6.45) is 1.55. The Hall–Kier alpha value is -2.09. The van der Waals surface area contributed by atoms with Crippen LogP contribution >= 0.6 is 22.9 Å². The number of rotatable bonds is 4. The first kappa shape index (κ1) is 15.3. The molecule has 1 heterocycles. The average molecular weight is 317 g/mol. The Labute approximate surface area is 132 Å². The van der Waals surface area contributed by atoms with E-state index in [9.17, 15) is 4.79 Å². The van der Waals surface area contributed by atoms with Crippen LogP contribution in [-0.2, 0) is 4.79 Å². The fourth-order valence-corrected chi connectivity index (χ4v) is 2.80. The zero-order chi connectivity index (χ0) is 15.2. The molecule has 3 nitrogen and oxygen atoms in total. The smallest absolute Gasteiger partial charge is 0.262 e. The molecule has 0 aliphatic carbocycles. The van der Waals surface area contributed by atoms with Crippen molar-refractivity contribution < 1.29 is 4.79 Å². The highest BCUT2D eigenvalue weighted by atomic mass is 35.5. The maximum absolute atomic E-state index is 12.1. The average Bonchev–Trinajstić information content (AvgIpc) is 2.90. The van der Waals surface area contributed by atoms with Gasteiger partial charge in [0.2, 0.25) is 0 Å². The minimum absolute atomic E-state index is 0.0660. The van der Waals surface area contributed by atoms with Crippen LogP contribution in [-0.4, -0.2) is 5.91 Å². The predicted molar refractivity (Wildman–Crippen MR) is 85.9 cm³/mol. The lowest BCUT2D eigenvalue weighted by Crippen LogP contribution is -2.27. The van der Waals surface area contributed by atoms with E-state index < -0.39 is 5.91 Å². The number of nitrogens with zero attached hydrogens (tertiary/aromatic N) is 1. The molecular formula is C16H13ClN2OS. The van der Waals surface area contributed by atoms with Crippen molar-refractivity contribution in [2.24, 2.45) is 0 Å². The van der Waals surface area contributed by atoms with Crippen LogP contribution < -0.4 is 5.32 Å². The Morgan fingerprint density at radius 3 is 2.62 bits per heavy atom. The third-order valence-corrected chi connectivity index (χ3v) is 4.07. The molecule has 1 aromatic heterocycles. The minimum Gasteiger partial charge on any atom is -0.345 e. The molecule has 0 saturated heterocycles. The highest BCUT2D eigenvalue weighted by Gasteiger charge is 2.13. The van der Waals surface area contributed by atoms with Crippen LogP contribution in [0, 0.1) is 11.3 Å². The van der Waals surface area contributed by atoms with E-state index in [0.29, 0.717) is 4.34 Å². The van der Waals surface area contributed by atoms with Crippen LogP contribution in [0.1, 0.15) is 23.4 Å². The van der Waals surface area contributed by atoms with E-state index in [4.69, 9.17) is 16.9 Å². The maximum Gasteiger partial charge on any atom is 0.262 e. The zero-order valence-electron chi connectivity index (χ0n) is 11.3. The summed E-state index contributed by atoms with van der Waals surface area (Å²) in [7, 11) is 0. The lowest BCUT2D eigenvalue weighted by atomic mass is 10.1. The molecule has 21 heavy (non-hydrogen) atoms. The Morgan fingerprint density at radius 2 is 2.05 bits per heavy atom. The van der Waals surface area contributed by atoms with Crippen molar-refractivity contribution in [3.05, 3.63) is 62.8 Å².